The fourth-order valence-electron chi connectivity index (χ4n) is 2.54. The summed E-state index contributed by atoms with van der Waals surface area (Å²) in [6.07, 6.45) is -1.94. The lowest BCUT2D eigenvalue weighted by atomic mass is 10.2. The van der Waals surface area contributed by atoms with E-state index < -0.39 is 17.6 Å². The Labute approximate surface area is 201 Å². The van der Waals surface area contributed by atoms with Gasteiger partial charge in [0.05, 0.1) is 26.3 Å². The van der Waals surface area contributed by atoms with Gasteiger partial charge in [-0.25, -0.2) is 0 Å². The van der Waals surface area contributed by atoms with E-state index in [9.17, 15) is 18.0 Å². The third-order valence-corrected chi connectivity index (χ3v) is 5.36. The molecule has 0 radical (unpaired) electrons. The Morgan fingerprint density at radius 3 is 2.47 bits per heavy atom. The number of halogens is 6. The number of rotatable bonds is 4. The maximum atomic E-state index is 12.7. The highest BCUT2D eigenvalue weighted by Crippen LogP contribution is 2.35. The van der Waals surface area contributed by atoms with Gasteiger partial charge in [0.15, 0.2) is 5.11 Å². The van der Waals surface area contributed by atoms with Gasteiger partial charge < -0.3 is 9.73 Å². The summed E-state index contributed by atoms with van der Waals surface area (Å²) in [5.41, 5.74) is -0.187. The Morgan fingerprint density at radius 2 is 1.78 bits per heavy atom. The number of benzene rings is 2. The number of carbonyl (C=O) groups is 1. The first-order chi connectivity index (χ1) is 15.0. The van der Waals surface area contributed by atoms with E-state index in [1.54, 1.807) is 30.3 Å². The standard InChI is InChI=1S/C21H12Cl3F3N2O2S/c22-14-3-1-2-13(19(14)24)17-8-5-12(31-17)6-9-18(30)29-20(32)28-16-7-4-11(10-15(16)23)21(25,26)27/h1-10H,(H2,28,29,30,32)/b9-6+. The largest absolute Gasteiger partial charge is 0.457 e. The van der Waals surface area contributed by atoms with Crippen LogP contribution in [-0.2, 0) is 11.0 Å². The molecule has 0 aliphatic heterocycles. The van der Waals surface area contributed by atoms with Gasteiger partial charge in [0.2, 0.25) is 5.91 Å². The minimum atomic E-state index is -4.52. The van der Waals surface area contributed by atoms with Crippen LogP contribution >= 0.6 is 47.0 Å². The van der Waals surface area contributed by atoms with Crippen molar-refractivity contribution in [3.8, 4) is 11.3 Å². The van der Waals surface area contributed by atoms with Crippen LogP contribution in [0.3, 0.4) is 0 Å². The number of anilines is 1. The lowest BCUT2D eigenvalue weighted by molar-refractivity contribution is -0.137. The van der Waals surface area contributed by atoms with Crippen molar-refractivity contribution in [3.63, 3.8) is 0 Å². The summed E-state index contributed by atoms with van der Waals surface area (Å²) >= 11 is 23.0. The third kappa shape index (κ3) is 6.04. The topological polar surface area (TPSA) is 54.3 Å². The Hall–Kier alpha value is -2.52. The van der Waals surface area contributed by atoms with Crippen molar-refractivity contribution in [1.82, 2.24) is 5.32 Å². The Balaban J connectivity index is 1.61. The van der Waals surface area contributed by atoms with Crippen LogP contribution in [-0.4, -0.2) is 11.0 Å². The van der Waals surface area contributed by atoms with Crippen LogP contribution in [0.2, 0.25) is 15.1 Å². The van der Waals surface area contributed by atoms with Crippen molar-refractivity contribution in [2.75, 3.05) is 5.32 Å². The van der Waals surface area contributed by atoms with Crippen molar-refractivity contribution in [2.45, 2.75) is 6.18 Å². The van der Waals surface area contributed by atoms with Gasteiger partial charge in [0.25, 0.3) is 0 Å². The molecule has 0 aliphatic rings. The molecule has 1 amide bonds. The summed E-state index contributed by atoms with van der Waals surface area (Å²) in [4.78, 5) is 12.1. The van der Waals surface area contributed by atoms with E-state index in [1.807, 2.05) is 0 Å². The smallest absolute Gasteiger partial charge is 0.416 e. The average molecular weight is 520 g/mol. The zero-order valence-electron chi connectivity index (χ0n) is 15.8. The average Bonchev–Trinajstić information content (AvgIpc) is 3.18. The Morgan fingerprint density at radius 1 is 1.03 bits per heavy atom. The van der Waals surface area contributed by atoms with Crippen molar-refractivity contribution >= 4 is 69.8 Å². The SMILES string of the molecule is O=C(/C=C/c1ccc(-c2cccc(Cl)c2Cl)o1)NC(=S)Nc1ccc(C(F)(F)F)cc1Cl. The molecule has 0 aliphatic carbocycles. The predicted octanol–water partition coefficient (Wildman–Crippen LogP) is 7.45. The molecule has 0 atom stereocenters. The van der Waals surface area contributed by atoms with Gasteiger partial charge in [-0.15, -0.1) is 0 Å². The molecule has 1 aromatic heterocycles. The molecule has 0 saturated carbocycles. The van der Waals surface area contributed by atoms with E-state index in [0.717, 1.165) is 18.2 Å². The number of furan rings is 1. The molecule has 0 unspecified atom stereocenters. The first-order valence-electron chi connectivity index (χ1n) is 8.75. The van der Waals surface area contributed by atoms with Crippen molar-refractivity contribution in [2.24, 2.45) is 0 Å². The van der Waals surface area contributed by atoms with Gasteiger partial charge in [-0.1, -0.05) is 40.9 Å². The zero-order valence-corrected chi connectivity index (χ0v) is 18.9. The van der Waals surface area contributed by atoms with Crippen LogP contribution in [0.25, 0.3) is 17.4 Å². The number of hydrogen-bond acceptors (Lipinski definition) is 3. The highest BCUT2D eigenvalue weighted by atomic mass is 35.5. The number of nitrogens with one attached hydrogen (secondary N) is 2. The summed E-state index contributed by atoms with van der Waals surface area (Å²) in [6, 6.07) is 11.1. The summed E-state index contributed by atoms with van der Waals surface area (Å²) in [6.45, 7) is 0. The van der Waals surface area contributed by atoms with Crippen LogP contribution in [0.1, 0.15) is 11.3 Å². The minimum Gasteiger partial charge on any atom is -0.457 e. The third-order valence-electron chi connectivity index (χ3n) is 4.02. The highest BCUT2D eigenvalue weighted by molar-refractivity contribution is 7.80. The summed E-state index contributed by atoms with van der Waals surface area (Å²) in [7, 11) is 0. The summed E-state index contributed by atoms with van der Waals surface area (Å²) in [5, 5.41) is 5.31. The van der Waals surface area contributed by atoms with Crippen LogP contribution < -0.4 is 10.6 Å². The molecule has 4 nitrogen and oxygen atoms in total. The van der Waals surface area contributed by atoms with E-state index in [-0.39, 0.29) is 15.8 Å². The number of alkyl halides is 3. The molecular formula is C21H12Cl3F3N2O2S. The molecule has 32 heavy (non-hydrogen) atoms. The second-order valence-electron chi connectivity index (χ2n) is 6.27. The highest BCUT2D eigenvalue weighted by Gasteiger charge is 2.30. The fourth-order valence-corrected chi connectivity index (χ4v) is 3.37. The predicted molar refractivity (Wildman–Crippen MR) is 124 cm³/mol. The molecule has 2 N–H and O–H groups in total. The minimum absolute atomic E-state index is 0.114. The van der Waals surface area contributed by atoms with Crippen LogP contribution in [0.4, 0.5) is 18.9 Å². The van der Waals surface area contributed by atoms with Crippen molar-refractivity contribution in [3.05, 3.63) is 81.0 Å². The molecule has 3 aromatic rings. The fraction of sp³-hybridized carbons (Fsp3) is 0.0476. The molecular weight excluding hydrogens is 508 g/mol. The van der Waals surface area contributed by atoms with Crippen LogP contribution in [0.5, 0.6) is 0 Å². The monoisotopic (exact) mass is 518 g/mol. The molecule has 1 heterocycles. The first-order valence-corrected chi connectivity index (χ1v) is 10.3. The molecule has 3 rings (SSSR count). The quantitative estimate of drug-likeness (QED) is 0.278. The van der Waals surface area contributed by atoms with Crippen LogP contribution in [0, 0.1) is 0 Å². The molecule has 2 aromatic carbocycles. The zero-order chi connectivity index (χ0) is 23.5. The second-order valence-corrected chi connectivity index (χ2v) is 7.87. The van der Waals surface area contributed by atoms with E-state index in [1.165, 1.54) is 12.2 Å². The van der Waals surface area contributed by atoms with Gasteiger partial charge in [-0.3, -0.25) is 10.1 Å². The second kappa shape index (κ2) is 9.95. The molecule has 166 valence electrons. The molecule has 0 saturated heterocycles. The van der Waals surface area contributed by atoms with E-state index in [4.69, 9.17) is 51.4 Å². The van der Waals surface area contributed by atoms with Gasteiger partial charge in [0.1, 0.15) is 11.5 Å². The maximum absolute atomic E-state index is 12.7. The number of amides is 1. The van der Waals surface area contributed by atoms with Gasteiger partial charge in [-0.05, 0) is 60.8 Å². The van der Waals surface area contributed by atoms with Gasteiger partial charge in [0, 0.05) is 11.6 Å². The molecule has 11 heteroatoms. The number of carbonyl (C=O) groups excluding carboxylic acids is 1. The number of thiocarbonyl (C=S) groups is 1. The molecule has 0 spiro atoms. The lowest BCUT2D eigenvalue weighted by Crippen LogP contribution is -2.32. The van der Waals surface area contributed by atoms with Gasteiger partial charge >= 0.3 is 6.18 Å². The molecule has 0 bridgehead atoms. The summed E-state index contributed by atoms with van der Waals surface area (Å²) in [5.74, 6) is 0.242. The molecule has 0 fully saturated rings. The van der Waals surface area contributed by atoms with Crippen LogP contribution in [0.15, 0.2) is 59.0 Å². The van der Waals surface area contributed by atoms with E-state index in [0.29, 0.717) is 27.1 Å². The summed E-state index contributed by atoms with van der Waals surface area (Å²) < 4.78 is 43.8. The van der Waals surface area contributed by atoms with Crippen molar-refractivity contribution < 1.29 is 22.4 Å². The van der Waals surface area contributed by atoms with E-state index >= 15 is 0 Å². The van der Waals surface area contributed by atoms with Gasteiger partial charge in [-0.2, -0.15) is 13.2 Å². The first kappa shape index (κ1) is 24.1. The lowest BCUT2D eigenvalue weighted by Gasteiger charge is -2.12. The normalized spacial score (nSPS) is 11.6. The number of hydrogen-bond donors (Lipinski definition) is 2. The van der Waals surface area contributed by atoms with Crippen molar-refractivity contribution in [1.29, 1.82) is 0 Å². The maximum Gasteiger partial charge on any atom is 0.416 e. The Bertz CT molecular complexity index is 1210. The Kier molecular flexibility index (Phi) is 7.51. The van der Waals surface area contributed by atoms with E-state index in [2.05, 4.69) is 10.6 Å².